The molecule has 0 unspecified atom stereocenters. The minimum atomic E-state index is -0.0841. The van der Waals surface area contributed by atoms with Crippen LogP contribution in [0.5, 0.6) is 0 Å². The summed E-state index contributed by atoms with van der Waals surface area (Å²) in [6, 6.07) is 9.49. The summed E-state index contributed by atoms with van der Waals surface area (Å²) < 4.78 is 0. The molecule has 1 aromatic heterocycles. The molecule has 0 radical (unpaired) electrons. The highest BCUT2D eigenvalue weighted by Crippen LogP contribution is 2.28. The summed E-state index contributed by atoms with van der Waals surface area (Å²) in [5.74, 6) is 0.250. The van der Waals surface area contributed by atoms with Crippen LogP contribution in [0.25, 0.3) is 0 Å². The van der Waals surface area contributed by atoms with Crippen LogP contribution in [-0.4, -0.2) is 22.6 Å². The smallest absolute Gasteiger partial charge is 0.276 e. The van der Waals surface area contributed by atoms with Crippen molar-refractivity contribution in [1.29, 1.82) is 0 Å². The van der Waals surface area contributed by atoms with Gasteiger partial charge in [0.1, 0.15) is 11.5 Å². The Bertz CT molecular complexity index is 575. The molecule has 17 heavy (non-hydrogen) atoms. The van der Waals surface area contributed by atoms with Gasteiger partial charge < -0.3 is 10.6 Å². The molecule has 0 atom stereocenters. The summed E-state index contributed by atoms with van der Waals surface area (Å²) >= 11 is 0. The number of aromatic amines is 1. The molecule has 0 bridgehead atoms. The molecule has 0 spiro atoms. The first kappa shape index (κ1) is 9.89. The van der Waals surface area contributed by atoms with Crippen LogP contribution in [0.1, 0.15) is 16.1 Å². The van der Waals surface area contributed by atoms with Gasteiger partial charge in [0.2, 0.25) is 0 Å². The maximum absolute atomic E-state index is 12.2. The van der Waals surface area contributed by atoms with Crippen molar-refractivity contribution in [3.63, 3.8) is 0 Å². The average Bonchev–Trinajstić information content (AvgIpc) is 2.94. The van der Waals surface area contributed by atoms with Crippen LogP contribution in [0.2, 0.25) is 0 Å². The summed E-state index contributed by atoms with van der Waals surface area (Å²) in [5.41, 5.74) is 8.11. The molecule has 2 heterocycles. The molecule has 3 rings (SSSR count). The van der Waals surface area contributed by atoms with Crippen molar-refractivity contribution in [2.24, 2.45) is 0 Å². The molecule has 3 N–H and O–H groups in total. The summed E-state index contributed by atoms with van der Waals surface area (Å²) in [6.45, 7) is 0.705. The fourth-order valence-electron chi connectivity index (χ4n) is 2.14. The lowest BCUT2D eigenvalue weighted by atomic mass is 10.2. The fourth-order valence-corrected chi connectivity index (χ4v) is 2.14. The number of rotatable bonds is 1. The molecule has 1 amide bonds. The second kappa shape index (κ2) is 3.62. The Morgan fingerprint density at radius 1 is 1.41 bits per heavy atom. The Hall–Kier alpha value is -2.30. The largest absolute Gasteiger partial charge is 0.382 e. The summed E-state index contributed by atoms with van der Waals surface area (Å²) in [4.78, 5) is 14.0. The van der Waals surface area contributed by atoms with Crippen LogP contribution < -0.4 is 10.6 Å². The molecule has 1 aliphatic heterocycles. The van der Waals surface area contributed by atoms with Crippen molar-refractivity contribution in [2.45, 2.75) is 6.42 Å². The van der Waals surface area contributed by atoms with Gasteiger partial charge in [0.15, 0.2) is 0 Å². The Balaban J connectivity index is 1.95. The molecular formula is C12H12N4O. The van der Waals surface area contributed by atoms with E-state index in [2.05, 4.69) is 10.2 Å². The standard InChI is InChI=1S/C12H12N4O/c13-11-7-9(14-15-11)12(17)16-6-5-8-3-1-2-4-10(8)16/h1-4,7H,5-6H2,(H3,13,14,15). The zero-order valence-electron chi connectivity index (χ0n) is 9.18. The lowest BCUT2D eigenvalue weighted by Gasteiger charge is -2.15. The van der Waals surface area contributed by atoms with Gasteiger partial charge in [-0.05, 0) is 18.1 Å². The van der Waals surface area contributed by atoms with Crippen LogP contribution in [0.4, 0.5) is 11.5 Å². The topological polar surface area (TPSA) is 75.0 Å². The summed E-state index contributed by atoms with van der Waals surface area (Å²) in [6.07, 6.45) is 0.894. The molecule has 5 nitrogen and oxygen atoms in total. The molecule has 1 aromatic carbocycles. The second-order valence-electron chi connectivity index (χ2n) is 4.04. The van der Waals surface area contributed by atoms with Gasteiger partial charge in [-0.1, -0.05) is 18.2 Å². The van der Waals surface area contributed by atoms with E-state index >= 15 is 0 Å². The predicted molar refractivity (Wildman–Crippen MR) is 64.8 cm³/mol. The zero-order chi connectivity index (χ0) is 11.8. The molecule has 2 aromatic rings. The molecule has 1 aliphatic rings. The van der Waals surface area contributed by atoms with Crippen molar-refractivity contribution in [2.75, 3.05) is 17.2 Å². The summed E-state index contributed by atoms with van der Waals surface area (Å²) in [5, 5.41) is 6.42. The highest BCUT2D eigenvalue weighted by Gasteiger charge is 2.25. The molecule has 0 saturated carbocycles. The number of fused-ring (bicyclic) bond motifs is 1. The number of carbonyl (C=O) groups excluding carboxylic acids is 1. The van der Waals surface area contributed by atoms with E-state index in [0.29, 0.717) is 18.1 Å². The van der Waals surface area contributed by atoms with Crippen molar-refractivity contribution < 1.29 is 4.79 Å². The third-order valence-electron chi connectivity index (χ3n) is 2.96. The van der Waals surface area contributed by atoms with E-state index in [1.165, 1.54) is 5.56 Å². The first-order valence-corrected chi connectivity index (χ1v) is 5.46. The number of nitrogens with zero attached hydrogens (tertiary/aromatic N) is 2. The number of anilines is 2. The molecule has 0 saturated heterocycles. The van der Waals surface area contributed by atoms with E-state index in [9.17, 15) is 4.79 Å². The molecule has 0 fully saturated rings. The number of H-pyrrole nitrogens is 1. The average molecular weight is 228 g/mol. The number of para-hydroxylation sites is 1. The van der Waals surface area contributed by atoms with Gasteiger partial charge in [0.05, 0.1) is 0 Å². The SMILES string of the molecule is Nc1cc(C(=O)N2CCc3ccccc32)[nH]n1. The Kier molecular flexibility index (Phi) is 2.11. The molecule has 5 heteroatoms. The van der Waals surface area contributed by atoms with Crippen LogP contribution in [0.3, 0.4) is 0 Å². The van der Waals surface area contributed by atoms with Crippen molar-refractivity contribution in [1.82, 2.24) is 10.2 Å². The van der Waals surface area contributed by atoms with Crippen LogP contribution in [0.15, 0.2) is 30.3 Å². The minimum absolute atomic E-state index is 0.0841. The van der Waals surface area contributed by atoms with E-state index in [1.54, 1.807) is 11.0 Å². The van der Waals surface area contributed by atoms with Gasteiger partial charge in [0, 0.05) is 18.3 Å². The van der Waals surface area contributed by atoms with E-state index in [1.807, 2.05) is 24.3 Å². The lowest BCUT2D eigenvalue weighted by molar-refractivity contribution is 0.0984. The first-order chi connectivity index (χ1) is 8.25. The fraction of sp³-hybridized carbons (Fsp3) is 0.167. The number of benzene rings is 1. The van der Waals surface area contributed by atoms with Crippen LogP contribution >= 0.6 is 0 Å². The minimum Gasteiger partial charge on any atom is -0.382 e. The normalized spacial score (nSPS) is 13.8. The van der Waals surface area contributed by atoms with Gasteiger partial charge in [-0.15, -0.1) is 0 Å². The molecule has 0 aliphatic carbocycles. The zero-order valence-corrected chi connectivity index (χ0v) is 9.18. The number of nitrogen functional groups attached to an aromatic ring is 1. The van der Waals surface area contributed by atoms with Crippen molar-refractivity contribution >= 4 is 17.4 Å². The number of hydrogen-bond donors (Lipinski definition) is 2. The van der Waals surface area contributed by atoms with E-state index < -0.39 is 0 Å². The maximum atomic E-state index is 12.2. The third kappa shape index (κ3) is 1.56. The predicted octanol–water partition coefficient (Wildman–Crippen LogP) is 1.19. The first-order valence-electron chi connectivity index (χ1n) is 5.46. The van der Waals surface area contributed by atoms with Crippen molar-refractivity contribution in [3.8, 4) is 0 Å². The van der Waals surface area contributed by atoms with E-state index in [4.69, 9.17) is 5.73 Å². The van der Waals surface area contributed by atoms with Gasteiger partial charge >= 0.3 is 0 Å². The molecular weight excluding hydrogens is 216 g/mol. The number of amides is 1. The number of nitrogens with two attached hydrogens (primary N) is 1. The second-order valence-corrected chi connectivity index (χ2v) is 4.04. The number of carbonyl (C=O) groups is 1. The number of hydrogen-bond acceptors (Lipinski definition) is 3. The van der Waals surface area contributed by atoms with E-state index in [0.717, 1.165) is 12.1 Å². The van der Waals surface area contributed by atoms with Gasteiger partial charge in [0.25, 0.3) is 5.91 Å². The van der Waals surface area contributed by atoms with Crippen LogP contribution in [-0.2, 0) is 6.42 Å². The van der Waals surface area contributed by atoms with Crippen molar-refractivity contribution in [3.05, 3.63) is 41.6 Å². The Morgan fingerprint density at radius 2 is 2.24 bits per heavy atom. The Morgan fingerprint density at radius 3 is 3.00 bits per heavy atom. The van der Waals surface area contributed by atoms with E-state index in [-0.39, 0.29) is 5.91 Å². The number of aromatic nitrogens is 2. The van der Waals surface area contributed by atoms with Gasteiger partial charge in [-0.25, -0.2) is 0 Å². The van der Waals surface area contributed by atoms with Crippen LogP contribution in [0, 0.1) is 0 Å². The maximum Gasteiger partial charge on any atom is 0.276 e. The quantitative estimate of drug-likeness (QED) is 0.770. The molecule has 86 valence electrons. The lowest BCUT2D eigenvalue weighted by Crippen LogP contribution is -2.29. The Labute approximate surface area is 98.2 Å². The monoisotopic (exact) mass is 228 g/mol. The number of nitrogens with one attached hydrogen (secondary N) is 1. The third-order valence-corrected chi connectivity index (χ3v) is 2.96. The van der Waals surface area contributed by atoms with Gasteiger partial charge in [-0.2, -0.15) is 5.10 Å². The van der Waals surface area contributed by atoms with Gasteiger partial charge in [-0.3, -0.25) is 9.89 Å². The highest BCUT2D eigenvalue weighted by molar-refractivity contribution is 6.06. The highest BCUT2D eigenvalue weighted by atomic mass is 16.2. The summed E-state index contributed by atoms with van der Waals surface area (Å²) in [7, 11) is 0.